The summed E-state index contributed by atoms with van der Waals surface area (Å²) < 4.78 is 0. The van der Waals surface area contributed by atoms with Gasteiger partial charge in [-0.05, 0) is 41.0 Å². The molecule has 2 N–H and O–H groups in total. The number of carbonyl (C=O) groups excluding carboxylic acids is 1. The molecule has 3 rings (SSSR count). The maximum atomic E-state index is 12.1. The van der Waals surface area contributed by atoms with Crippen LogP contribution in [0.3, 0.4) is 0 Å². The van der Waals surface area contributed by atoms with Crippen molar-refractivity contribution in [1.82, 2.24) is 10.6 Å². The first-order chi connectivity index (χ1) is 9.72. The van der Waals surface area contributed by atoms with E-state index in [1.54, 1.807) is 0 Å². The molecule has 1 aliphatic heterocycles. The van der Waals surface area contributed by atoms with Crippen molar-refractivity contribution in [2.45, 2.75) is 19.6 Å². The van der Waals surface area contributed by atoms with Crippen molar-refractivity contribution in [3.63, 3.8) is 0 Å². The summed E-state index contributed by atoms with van der Waals surface area (Å²) in [4.78, 5) is 12.1. The molecule has 1 aliphatic rings. The van der Waals surface area contributed by atoms with Gasteiger partial charge in [-0.3, -0.25) is 4.79 Å². The van der Waals surface area contributed by atoms with E-state index >= 15 is 0 Å². The summed E-state index contributed by atoms with van der Waals surface area (Å²) in [5.41, 5.74) is 4.18. The molecular weight excluding hydrogens is 272 g/mol. The summed E-state index contributed by atoms with van der Waals surface area (Å²) >= 11 is 5.92. The van der Waals surface area contributed by atoms with Gasteiger partial charge < -0.3 is 10.6 Å². The molecule has 0 atom stereocenters. The van der Waals surface area contributed by atoms with E-state index in [4.69, 9.17) is 11.6 Å². The van der Waals surface area contributed by atoms with E-state index in [0.29, 0.717) is 17.1 Å². The standard InChI is InChI=1S/C16H15ClN2O/c17-15-3-1-2-11(6-15)8-19-16(20)12-4-5-13-9-18-10-14(13)7-12/h1-7,18H,8-10H2,(H,19,20). The Balaban J connectivity index is 1.67. The molecule has 0 spiro atoms. The van der Waals surface area contributed by atoms with E-state index in [1.807, 2.05) is 42.5 Å². The van der Waals surface area contributed by atoms with Crippen LogP contribution in [0.15, 0.2) is 42.5 Å². The first-order valence-corrected chi connectivity index (χ1v) is 6.95. The molecule has 4 heteroatoms. The van der Waals surface area contributed by atoms with Gasteiger partial charge in [-0.2, -0.15) is 0 Å². The predicted octanol–water partition coefficient (Wildman–Crippen LogP) is 2.87. The van der Waals surface area contributed by atoms with Gasteiger partial charge in [-0.25, -0.2) is 0 Å². The Morgan fingerprint density at radius 2 is 2.00 bits per heavy atom. The first-order valence-electron chi connectivity index (χ1n) is 6.57. The minimum absolute atomic E-state index is 0.0559. The van der Waals surface area contributed by atoms with Crippen LogP contribution < -0.4 is 10.6 Å². The van der Waals surface area contributed by atoms with Gasteiger partial charge in [0.1, 0.15) is 0 Å². The maximum Gasteiger partial charge on any atom is 0.251 e. The molecule has 3 nitrogen and oxygen atoms in total. The minimum atomic E-state index is -0.0559. The van der Waals surface area contributed by atoms with Crippen molar-refractivity contribution in [2.24, 2.45) is 0 Å². The molecule has 1 heterocycles. The van der Waals surface area contributed by atoms with Crippen LogP contribution >= 0.6 is 11.6 Å². The van der Waals surface area contributed by atoms with Gasteiger partial charge in [-0.1, -0.05) is 29.8 Å². The molecule has 0 saturated carbocycles. The number of hydrogen-bond acceptors (Lipinski definition) is 2. The number of halogens is 1. The van der Waals surface area contributed by atoms with Gasteiger partial charge in [0.2, 0.25) is 0 Å². The quantitative estimate of drug-likeness (QED) is 0.911. The van der Waals surface area contributed by atoms with Gasteiger partial charge in [0.05, 0.1) is 0 Å². The summed E-state index contributed by atoms with van der Waals surface area (Å²) in [6.07, 6.45) is 0. The van der Waals surface area contributed by atoms with E-state index in [9.17, 15) is 4.79 Å². The van der Waals surface area contributed by atoms with Crippen LogP contribution in [-0.4, -0.2) is 5.91 Å². The Kier molecular flexibility index (Phi) is 3.72. The lowest BCUT2D eigenvalue weighted by atomic mass is 10.1. The molecule has 2 aromatic rings. The summed E-state index contributed by atoms with van der Waals surface area (Å²) in [7, 11) is 0. The molecule has 0 fully saturated rings. The van der Waals surface area contributed by atoms with Gasteiger partial charge in [0.15, 0.2) is 0 Å². The minimum Gasteiger partial charge on any atom is -0.348 e. The number of amides is 1. The van der Waals surface area contributed by atoms with Crippen molar-refractivity contribution < 1.29 is 4.79 Å². The van der Waals surface area contributed by atoms with Crippen LogP contribution in [0.1, 0.15) is 27.0 Å². The van der Waals surface area contributed by atoms with Gasteiger partial charge in [0, 0.05) is 30.2 Å². The largest absolute Gasteiger partial charge is 0.348 e. The van der Waals surface area contributed by atoms with Gasteiger partial charge in [-0.15, -0.1) is 0 Å². The van der Waals surface area contributed by atoms with E-state index in [0.717, 1.165) is 18.7 Å². The van der Waals surface area contributed by atoms with Crippen LogP contribution in [0.5, 0.6) is 0 Å². The zero-order valence-electron chi connectivity index (χ0n) is 10.9. The van der Waals surface area contributed by atoms with E-state index in [-0.39, 0.29) is 5.91 Å². The van der Waals surface area contributed by atoms with Crippen LogP contribution in [0, 0.1) is 0 Å². The predicted molar refractivity (Wildman–Crippen MR) is 79.6 cm³/mol. The van der Waals surface area contributed by atoms with Crippen LogP contribution in [0.25, 0.3) is 0 Å². The Labute approximate surface area is 123 Å². The normalized spacial score (nSPS) is 13.1. The molecule has 0 aliphatic carbocycles. The molecule has 2 aromatic carbocycles. The number of carbonyl (C=O) groups is 1. The van der Waals surface area contributed by atoms with E-state index in [1.165, 1.54) is 11.1 Å². The highest BCUT2D eigenvalue weighted by Gasteiger charge is 2.13. The second-order valence-corrected chi connectivity index (χ2v) is 5.34. The number of hydrogen-bond donors (Lipinski definition) is 2. The third-order valence-corrected chi connectivity index (χ3v) is 3.68. The number of benzene rings is 2. The monoisotopic (exact) mass is 286 g/mol. The molecule has 0 saturated heterocycles. The summed E-state index contributed by atoms with van der Waals surface area (Å²) in [5, 5.41) is 6.87. The molecule has 20 heavy (non-hydrogen) atoms. The molecule has 0 radical (unpaired) electrons. The smallest absolute Gasteiger partial charge is 0.251 e. The fraction of sp³-hybridized carbons (Fsp3) is 0.188. The fourth-order valence-corrected chi connectivity index (χ4v) is 2.58. The number of fused-ring (bicyclic) bond motifs is 1. The molecular formula is C16H15ClN2O. The number of rotatable bonds is 3. The lowest BCUT2D eigenvalue weighted by Gasteiger charge is -2.07. The van der Waals surface area contributed by atoms with Gasteiger partial charge in [0.25, 0.3) is 5.91 Å². The Bertz CT molecular complexity index is 655. The second kappa shape index (κ2) is 5.65. The lowest BCUT2D eigenvalue weighted by molar-refractivity contribution is 0.0951. The van der Waals surface area contributed by atoms with Crippen LogP contribution in [-0.2, 0) is 19.6 Å². The molecule has 0 aromatic heterocycles. The van der Waals surface area contributed by atoms with E-state index in [2.05, 4.69) is 10.6 Å². The zero-order chi connectivity index (χ0) is 13.9. The summed E-state index contributed by atoms with van der Waals surface area (Å²) in [6, 6.07) is 13.4. The summed E-state index contributed by atoms with van der Waals surface area (Å²) in [5.74, 6) is -0.0559. The highest BCUT2D eigenvalue weighted by Crippen LogP contribution is 2.17. The third-order valence-electron chi connectivity index (χ3n) is 3.44. The highest BCUT2D eigenvalue weighted by molar-refractivity contribution is 6.30. The van der Waals surface area contributed by atoms with Gasteiger partial charge >= 0.3 is 0 Å². The molecule has 0 bridgehead atoms. The molecule has 1 amide bonds. The first kappa shape index (κ1) is 13.2. The van der Waals surface area contributed by atoms with Crippen molar-refractivity contribution in [2.75, 3.05) is 0 Å². The topological polar surface area (TPSA) is 41.1 Å². The van der Waals surface area contributed by atoms with Crippen molar-refractivity contribution in [3.05, 3.63) is 69.7 Å². The summed E-state index contributed by atoms with van der Waals surface area (Å²) in [6.45, 7) is 2.21. The van der Waals surface area contributed by atoms with Crippen molar-refractivity contribution in [1.29, 1.82) is 0 Å². The lowest BCUT2D eigenvalue weighted by Crippen LogP contribution is -2.22. The highest BCUT2D eigenvalue weighted by atomic mass is 35.5. The van der Waals surface area contributed by atoms with Crippen LogP contribution in [0.2, 0.25) is 5.02 Å². The second-order valence-electron chi connectivity index (χ2n) is 4.90. The Morgan fingerprint density at radius 3 is 2.85 bits per heavy atom. The Morgan fingerprint density at radius 1 is 1.15 bits per heavy atom. The fourth-order valence-electron chi connectivity index (χ4n) is 2.37. The maximum absolute atomic E-state index is 12.1. The van der Waals surface area contributed by atoms with Crippen molar-refractivity contribution in [3.8, 4) is 0 Å². The Hall–Kier alpha value is -1.84. The molecule has 102 valence electrons. The van der Waals surface area contributed by atoms with Crippen molar-refractivity contribution >= 4 is 17.5 Å². The molecule has 0 unspecified atom stereocenters. The SMILES string of the molecule is O=C(NCc1cccc(Cl)c1)c1ccc2c(c1)CNC2. The third kappa shape index (κ3) is 2.84. The van der Waals surface area contributed by atoms with Crippen LogP contribution in [0.4, 0.5) is 0 Å². The number of nitrogens with one attached hydrogen (secondary N) is 2. The average Bonchev–Trinajstić information content (AvgIpc) is 2.92. The van der Waals surface area contributed by atoms with E-state index < -0.39 is 0 Å². The average molecular weight is 287 g/mol. The zero-order valence-corrected chi connectivity index (χ0v) is 11.7.